The Morgan fingerprint density at radius 2 is 1.77 bits per heavy atom. The molecule has 1 aliphatic carbocycles. The van der Waals surface area contributed by atoms with Crippen LogP contribution in [0.3, 0.4) is 0 Å². The topological polar surface area (TPSA) is 76.4 Å². The predicted molar refractivity (Wildman–Crippen MR) is 144 cm³/mol. The molecule has 0 radical (unpaired) electrons. The van der Waals surface area contributed by atoms with Gasteiger partial charge >= 0.3 is 12.3 Å². The van der Waals surface area contributed by atoms with Crippen molar-refractivity contribution in [2.45, 2.75) is 52.4 Å². The molecule has 2 atom stereocenters. The second kappa shape index (κ2) is 9.94. The number of fused-ring (bicyclic) bond motifs is 1. The molecule has 4 aromatic rings. The van der Waals surface area contributed by atoms with Gasteiger partial charge in [0.25, 0.3) is 0 Å². The molecule has 2 N–H and O–H groups in total. The van der Waals surface area contributed by atoms with Gasteiger partial charge in [-0.25, -0.2) is 9.78 Å². The van der Waals surface area contributed by atoms with Gasteiger partial charge in [0.1, 0.15) is 5.75 Å². The third kappa shape index (κ3) is 6.02. The molecule has 0 unspecified atom stereocenters. The van der Waals surface area contributed by atoms with Crippen molar-refractivity contribution in [3.05, 3.63) is 72.3 Å². The van der Waals surface area contributed by atoms with Gasteiger partial charge < -0.3 is 19.7 Å². The smallest absolute Gasteiger partial charge is 0.478 e. The van der Waals surface area contributed by atoms with Crippen LogP contribution in [-0.2, 0) is 0 Å². The molecule has 0 amide bonds. The Bertz CT molecular complexity index is 1510. The first kappa shape index (κ1) is 26.6. The molecule has 204 valence electrons. The third-order valence-corrected chi connectivity index (χ3v) is 7.21. The highest BCUT2D eigenvalue weighted by atomic mass is 19.4. The van der Waals surface area contributed by atoms with Crippen LogP contribution in [0.15, 0.2) is 66.7 Å². The maximum absolute atomic E-state index is 12.6. The number of nitrogens with zero attached hydrogens (tertiary/aromatic N) is 2. The van der Waals surface area contributed by atoms with Crippen molar-refractivity contribution in [3.63, 3.8) is 0 Å². The van der Waals surface area contributed by atoms with Gasteiger partial charge in [-0.15, -0.1) is 13.2 Å². The standard InChI is InChI=1S/C30H30F3N3O3/c1-18-13-23(17-29(2,3)16-18)36-26-12-7-20(19-5-4-6-21(14-19)27(37)38)15-25(26)35-28(36)34-22-8-10-24(11-9-22)39-30(31,32)33/h4-12,14-15,18,23H,13,16-17H2,1-3H3,(H,34,35)(H,37,38)/t18-,23-/m0/s1. The Morgan fingerprint density at radius 1 is 1.05 bits per heavy atom. The zero-order valence-electron chi connectivity index (χ0n) is 21.9. The Kier molecular flexibility index (Phi) is 6.78. The summed E-state index contributed by atoms with van der Waals surface area (Å²) in [6.07, 6.45) is -1.69. The van der Waals surface area contributed by atoms with E-state index >= 15 is 0 Å². The summed E-state index contributed by atoms with van der Waals surface area (Å²) >= 11 is 0. The van der Waals surface area contributed by atoms with Crippen molar-refractivity contribution in [2.24, 2.45) is 11.3 Å². The number of rotatable bonds is 6. The number of imidazole rings is 1. The van der Waals surface area contributed by atoms with Crippen LogP contribution in [0.5, 0.6) is 5.75 Å². The van der Waals surface area contributed by atoms with Gasteiger partial charge in [-0.3, -0.25) is 0 Å². The van der Waals surface area contributed by atoms with Crippen LogP contribution < -0.4 is 10.1 Å². The number of hydrogen-bond acceptors (Lipinski definition) is 4. The highest BCUT2D eigenvalue weighted by Crippen LogP contribution is 2.46. The predicted octanol–water partition coefficient (Wildman–Crippen LogP) is 8.43. The Labute approximate surface area is 224 Å². The lowest BCUT2D eigenvalue weighted by molar-refractivity contribution is -0.274. The van der Waals surface area contributed by atoms with Gasteiger partial charge in [-0.2, -0.15) is 0 Å². The minimum absolute atomic E-state index is 0.143. The molecule has 0 aliphatic heterocycles. The lowest BCUT2D eigenvalue weighted by Crippen LogP contribution is -2.29. The lowest BCUT2D eigenvalue weighted by atomic mass is 9.70. The fourth-order valence-electron chi connectivity index (χ4n) is 5.93. The van der Waals surface area contributed by atoms with Crippen LogP contribution in [0, 0.1) is 11.3 Å². The number of benzene rings is 3. The maximum Gasteiger partial charge on any atom is 0.573 e. The minimum atomic E-state index is -4.75. The quantitative estimate of drug-likeness (QED) is 0.258. The number of halogens is 3. The number of alkyl halides is 3. The molecule has 6 nitrogen and oxygen atoms in total. The molecule has 1 saturated carbocycles. The lowest BCUT2D eigenvalue weighted by Gasteiger charge is -2.40. The first-order valence-corrected chi connectivity index (χ1v) is 12.9. The monoisotopic (exact) mass is 537 g/mol. The van der Waals surface area contributed by atoms with Gasteiger partial charge in [0.15, 0.2) is 0 Å². The molecule has 1 fully saturated rings. The molecule has 0 bridgehead atoms. The maximum atomic E-state index is 12.6. The summed E-state index contributed by atoms with van der Waals surface area (Å²) in [6, 6.07) is 18.4. The molecule has 9 heteroatoms. The van der Waals surface area contributed by atoms with Gasteiger partial charge in [0.2, 0.25) is 5.95 Å². The van der Waals surface area contributed by atoms with Gasteiger partial charge in [-0.1, -0.05) is 39.0 Å². The molecule has 3 aromatic carbocycles. The molecule has 5 rings (SSSR count). The number of carboxylic acid groups (broad SMARTS) is 1. The van der Waals surface area contributed by atoms with Gasteiger partial charge in [0, 0.05) is 11.7 Å². The summed E-state index contributed by atoms with van der Waals surface area (Å²) in [7, 11) is 0. The summed E-state index contributed by atoms with van der Waals surface area (Å²) in [5, 5.41) is 12.7. The Hall–Kier alpha value is -4.01. The number of anilines is 2. The van der Waals surface area contributed by atoms with Crippen molar-refractivity contribution in [1.82, 2.24) is 9.55 Å². The largest absolute Gasteiger partial charge is 0.573 e. The summed E-state index contributed by atoms with van der Waals surface area (Å²) in [5.74, 6) is -0.172. The van der Waals surface area contributed by atoms with Crippen molar-refractivity contribution >= 4 is 28.6 Å². The Balaban J connectivity index is 1.56. The molecule has 39 heavy (non-hydrogen) atoms. The SMILES string of the molecule is C[C@H]1C[C@H](n2c(Nc3ccc(OC(F)(F)F)cc3)nc3cc(-c4cccc(C(=O)O)c4)ccc32)CC(C)(C)C1. The van der Waals surface area contributed by atoms with E-state index in [4.69, 9.17) is 4.98 Å². The zero-order chi connectivity index (χ0) is 27.9. The molecular weight excluding hydrogens is 507 g/mol. The van der Waals surface area contributed by atoms with E-state index in [2.05, 4.69) is 35.4 Å². The molecule has 1 aliphatic rings. The van der Waals surface area contributed by atoms with E-state index in [1.54, 1.807) is 18.2 Å². The summed E-state index contributed by atoms with van der Waals surface area (Å²) in [4.78, 5) is 16.4. The average Bonchev–Trinajstić information content (AvgIpc) is 3.20. The van der Waals surface area contributed by atoms with Crippen molar-refractivity contribution < 1.29 is 27.8 Å². The van der Waals surface area contributed by atoms with E-state index in [0.29, 0.717) is 17.6 Å². The van der Waals surface area contributed by atoms with E-state index in [1.165, 1.54) is 24.3 Å². The normalized spacial score (nSPS) is 19.1. The highest BCUT2D eigenvalue weighted by Gasteiger charge is 2.35. The number of nitrogens with one attached hydrogen (secondary N) is 1. The second-order valence-electron chi connectivity index (χ2n) is 11.2. The first-order chi connectivity index (χ1) is 18.4. The number of hydrogen-bond donors (Lipinski definition) is 2. The van der Waals surface area contributed by atoms with Crippen LogP contribution in [0.4, 0.5) is 24.8 Å². The van der Waals surface area contributed by atoms with Crippen LogP contribution in [0.25, 0.3) is 22.2 Å². The van der Waals surface area contributed by atoms with E-state index in [1.807, 2.05) is 24.3 Å². The number of ether oxygens (including phenoxy) is 1. The van der Waals surface area contributed by atoms with Crippen molar-refractivity contribution in [3.8, 4) is 16.9 Å². The summed E-state index contributed by atoms with van der Waals surface area (Å²) in [5.41, 5.74) is 4.22. The average molecular weight is 538 g/mol. The number of carbonyl (C=O) groups is 1. The van der Waals surface area contributed by atoms with Crippen LogP contribution in [-0.4, -0.2) is 27.0 Å². The van der Waals surface area contributed by atoms with E-state index in [9.17, 15) is 23.1 Å². The Morgan fingerprint density at radius 3 is 2.44 bits per heavy atom. The van der Waals surface area contributed by atoms with Crippen LogP contribution in [0.2, 0.25) is 0 Å². The van der Waals surface area contributed by atoms with Crippen LogP contribution >= 0.6 is 0 Å². The minimum Gasteiger partial charge on any atom is -0.478 e. The van der Waals surface area contributed by atoms with Crippen molar-refractivity contribution in [2.75, 3.05) is 5.32 Å². The first-order valence-electron chi connectivity index (χ1n) is 12.9. The zero-order valence-corrected chi connectivity index (χ0v) is 21.9. The molecular formula is C30H30F3N3O3. The van der Waals surface area contributed by atoms with E-state index < -0.39 is 12.3 Å². The fourth-order valence-corrected chi connectivity index (χ4v) is 5.93. The molecule has 0 spiro atoms. The van der Waals surface area contributed by atoms with E-state index in [0.717, 1.165) is 41.4 Å². The third-order valence-electron chi connectivity index (χ3n) is 7.21. The van der Waals surface area contributed by atoms with E-state index in [-0.39, 0.29) is 22.8 Å². The van der Waals surface area contributed by atoms with Crippen molar-refractivity contribution in [1.29, 1.82) is 0 Å². The fraction of sp³-hybridized carbons (Fsp3) is 0.333. The number of carboxylic acids is 1. The molecule has 0 saturated heterocycles. The molecule has 1 heterocycles. The summed E-state index contributed by atoms with van der Waals surface area (Å²) in [6.45, 7) is 6.80. The van der Waals surface area contributed by atoms with Crippen LogP contribution in [0.1, 0.15) is 56.4 Å². The number of aromatic nitrogens is 2. The summed E-state index contributed by atoms with van der Waals surface area (Å²) < 4.78 is 44.0. The highest BCUT2D eigenvalue weighted by molar-refractivity contribution is 5.90. The van der Waals surface area contributed by atoms with Gasteiger partial charge in [-0.05, 0) is 90.3 Å². The number of aromatic carboxylic acids is 1. The van der Waals surface area contributed by atoms with Gasteiger partial charge in [0.05, 0.1) is 16.6 Å². The molecule has 1 aromatic heterocycles. The second-order valence-corrected chi connectivity index (χ2v) is 11.2.